The van der Waals surface area contributed by atoms with Crippen LogP contribution in [0, 0.1) is 11.3 Å². The second-order valence-electron chi connectivity index (χ2n) is 5.48. The van der Waals surface area contributed by atoms with E-state index in [0.29, 0.717) is 19.5 Å². The predicted octanol–water partition coefficient (Wildman–Crippen LogP) is 0.931. The average molecular weight is 265 g/mol. The summed E-state index contributed by atoms with van der Waals surface area (Å²) in [5, 5.41) is 15.6. The quantitative estimate of drug-likeness (QED) is 0.692. The van der Waals surface area contributed by atoms with Gasteiger partial charge in [-0.2, -0.15) is 0 Å². The van der Waals surface area contributed by atoms with Crippen LogP contribution in [0.15, 0.2) is 0 Å². The largest absolute Gasteiger partial charge is 0.391 e. The third-order valence-corrected chi connectivity index (χ3v) is 3.46. The van der Waals surface area contributed by atoms with Crippen molar-refractivity contribution in [2.24, 2.45) is 11.3 Å². The lowest BCUT2D eigenvalue weighted by atomic mass is 9.86. The molecule has 1 aliphatic heterocycles. The summed E-state index contributed by atoms with van der Waals surface area (Å²) in [6.07, 6.45) is 1.23. The first-order chi connectivity index (χ1) is 7.44. The van der Waals surface area contributed by atoms with E-state index in [1.54, 1.807) is 0 Å². The van der Waals surface area contributed by atoms with Gasteiger partial charge in [-0.05, 0) is 5.41 Å². The molecule has 102 valence electrons. The number of rotatable bonds is 5. The standard InChI is InChI=1S/C12H24N2O2.ClH/c1-4-12(2,3)5-11(16)14-7-9-6-13-8-10(9)15;/h9-10,13,15H,4-8H2,1-3H3,(H,14,16);1H. The Labute approximate surface area is 110 Å². The number of aliphatic hydroxyl groups is 1. The van der Waals surface area contributed by atoms with Crippen LogP contribution in [-0.4, -0.2) is 36.8 Å². The van der Waals surface area contributed by atoms with E-state index < -0.39 is 0 Å². The van der Waals surface area contributed by atoms with Crippen molar-refractivity contribution in [3.8, 4) is 0 Å². The van der Waals surface area contributed by atoms with Crippen molar-refractivity contribution in [2.75, 3.05) is 19.6 Å². The van der Waals surface area contributed by atoms with Crippen LogP contribution in [0.5, 0.6) is 0 Å². The molecule has 1 amide bonds. The molecule has 3 N–H and O–H groups in total. The van der Waals surface area contributed by atoms with Gasteiger partial charge in [-0.25, -0.2) is 0 Å². The van der Waals surface area contributed by atoms with Crippen LogP contribution >= 0.6 is 12.4 Å². The van der Waals surface area contributed by atoms with Gasteiger partial charge in [0.1, 0.15) is 0 Å². The topological polar surface area (TPSA) is 61.4 Å². The van der Waals surface area contributed by atoms with Gasteiger partial charge in [0.05, 0.1) is 6.10 Å². The van der Waals surface area contributed by atoms with Gasteiger partial charge < -0.3 is 15.7 Å². The van der Waals surface area contributed by atoms with Gasteiger partial charge >= 0.3 is 0 Å². The Morgan fingerprint density at radius 1 is 1.47 bits per heavy atom. The molecule has 0 aromatic heterocycles. The number of amides is 1. The van der Waals surface area contributed by atoms with E-state index in [4.69, 9.17) is 0 Å². The number of carbonyl (C=O) groups is 1. The minimum Gasteiger partial charge on any atom is -0.391 e. The van der Waals surface area contributed by atoms with Gasteiger partial charge in [0.25, 0.3) is 0 Å². The fraction of sp³-hybridized carbons (Fsp3) is 0.917. The number of halogens is 1. The number of nitrogens with one attached hydrogen (secondary N) is 2. The normalized spacial score (nSPS) is 24.2. The Kier molecular flexibility index (Phi) is 7.05. The molecule has 0 bridgehead atoms. The first kappa shape index (κ1) is 16.7. The Hall–Kier alpha value is -0.320. The molecule has 0 spiro atoms. The molecule has 1 fully saturated rings. The molecule has 0 aliphatic carbocycles. The minimum absolute atomic E-state index is 0. The van der Waals surface area contributed by atoms with Crippen LogP contribution in [0.4, 0.5) is 0 Å². The molecular weight excluding hydrogens is 240 g/mol. The zero-order valence-electron chi connectivity index (χ0n) is 11.0. The molecule has 0 aromatic carbocycles. The van der Waals surface area contributed by atoms with E-state index in [-0.39, 0.29) is 35.8 Å². The van der Waals surface area contributed by atoms with E-state index >= 15 is 0 Å². The highest BCUT2D eigenvalue weighted by atomic mass is 35.5. The fourth-order valence-electron chi connectivity index (χ4n) is 1.79. The highest BCUT2D eigenvalue weighted by Gasteiger charge is 2.26. The highest BCUT2D eigenvalue weighted by Crippen LogP contribution is 2.23. The fourth-order valence-corrected chi connectivity index (χ4v) is 1.79. The summed E-state index contributed by atoms with van der Waals surface area (Å²) in [6.45, 7) is 8.29. The molecule has 5 heteroatoms. The molecule has 0 saturated carbocycles. The Balaban J connectivity index is 0.00000256. The molecule has 1 saturated heterocycles. The zero-order valence-corrected chi connectivity index (χ0v) is 11.8. The molecule has 1 aliphatic rings. The van der Waals surface area contributed by atoms with Crippen molar-refractivity contribution >= 4 is 18.3 Å². The lowest BCUT2D eigenvalue weighted by Crippen LogP contribution is -2.36. The smallest absolute Gasteiger partial charge is 0.220 e. The maximum Gasteiger partial charge on any atom is 0.220 e. The molecular formula is C12H25ClN2O2. The summed E-state index contributed by atoms with van der Waals surface area (Å²) in [5.41, 5.74) is 0.0661. The van der Waals surface area contributed by atoms with Crippen molar-refractivity contribution in [1.82, 2.24) is 10.6 Å². The van der Waals surface area contributed by atoms with Gasteiger partial charge in [0.15, 0.2) is 0 Å². The molecule has 0 radical (unpaired) electrons. The summed E-state index contributed by atoms with van der Waals surface area (Å²) in [4.78, 5) is 11.7. The summed E-state index contributed by atoms with van der Waals surface area (Å²) in [6, 6.07) is 0. The van der Waals surface area contributed by atoms with Crippen molar-refractivity contribution < 1.29 is 9.90 Å². The van der Waals surface area contributed by atoms with E-state index in [2.05, 4.69) is 31.4 Å². The average Bonchev–Trinajstić information content (AvgIpc) is 2.60. The Morgan fingerprint density at radius 3 is 2.59 bits per heavy atom. The highest BCUT2D eigenvalue weighted by molar-refractivity contribution is 5.85. The van der Waals surface area contributed by atoms with Crippen molar-refractivity contribution in [1.29, 1.82) is 0 Å². The van der Waals surface area contributed by atoms with E-state index in [1.165, 1.54) is 0 Å². The van der Waals surface area contributed by atoms with Crippen molar-refractivity contribution in [2.45, 2.75) is 39.7 Å². The minimum atomic E-state index is -0.320. The monoisotopic (exact) mass is 264 g/mol. The van der Waals surface area contributed by atoms with Gasteiger partial charge in [-0.3, -0.25) is 4.79 Å². The second-order valence-corrected chi connectivity index (χ2v) is 5.48. The number of β-amino-alcohol motifs (C(OH)–C–C–N with tert-alkyl or cyclic N) is 1. The van der Waals surface area contributed by atoms with Crippen LogP contribution in [0.25, 0.3) is 0 Å². The first-order valence-electron chi connectivity index (χ1n) is 6.10. The van der Waals surface area contributed by atoms with Gasteiger partial charge in [0.2, 0.25) is 5.91 Å². The summed E-state index contributed by atoms with van der Waals surface area (Å²) in [7, 11) is 0. The van der Waals surface area contributed by atoms with Crippen LogP contribution in [0.2, 0.25) is 0 Å². The number of carbonyl (C=O) groups excluding carboxylic acids is 1. The van der Waals surface area contributed by atoms with E-state index in [1.807, 2.05) is 0 Å². The molecule has 4 nitrogen and oxygen atoms in total. The zero-order chi connectivity index (χ0) is 12.2. The first-order valence-corrected chi connectivity index (χ1v) is 6.10. The maximum atomic E-state index is 11.7. The predicted molar refractivity (Wildman–Crippen MR) is 71.3 cm³/mol. The van der Waals surface area contributed by atoms with Crippen LogP contribution in [-0.2, 0) is 4.79 Å². The van der Waals surface area contributed by atoms with Crippen LogP contribution in [0.3, 0.4) is 0 Å². The van der Waals surface area contributed by atoms with Gasteiger partial charge in [-0.15, -0.1) is 12.4 Å². The molecule has 1 heterocycles. The van der Waals surface area contributed by atoms with Gasteiger partial charge in [0, 0.05) is 32.0 Å². The van der Waals surface area contributed by atoms with Crippen LogP contribution in [0.1, 0.15) is 33.6 Å². The number of aliphatic hydroxyl groups excluding tert-OH is 1. The summed E-state index contributed by atoms with van der Waals surface area (Å²) >= 11 is 0. The molecule has 0 aromatic rings. The summed E-state index contributed by atoms with van der Waals surface area (Å²) in [5.74, 6) is 0.250. The third kappa shape index (κ3) is 5.70. The maximum absolute atomic E-state index is 11.7. The number of hydrogen-bond acceptors (Lipinski definition) is 3. The van der Waals surface area contributed by atoms with E-state index in [0.717, 1.165) is 13.0 Å². The molecule has 2 unspecified atom stereocenters. The molecule has 17 heavy (non-hydrogen) atoms. The van der Waals surface area contributed by atoms with Crippen molar-refractivity contribution in [3.63, 3.8) is 0 Å². The Bertz CT molecular complexity index is 247. The lowest BCUT2D eigenvalue weighted by molar-refractivity contribution is -0.123. The number of hydrogen-bond donors (Lipinski definition) is 3. The molecule has 1 rings (SSSR count). The van der Waals surface area contributed by atoms with E-state index in [9.17, 15) is 9.90 Å². The second kappa shape index (κ2) is 7.19. The lowest BCUT2D eigenvalue weighted by Gasteiger charge is -2.22. The third-order valence-electron chi connectivity index (χ3n) is 3.46. The van der Waals surface area contributed by atoms with Crippen molar-refractivity contribution in [3.05, 3.63) is 0 Å². The molecule has 2 atom stereocenters. The summed E-state index contributed by atoms with van der Waals surface area (Å²) < 4.78 is 0. The van der Waals surface area contributed by atoms with Gasteiger partial charge in [-0.1, -0.05) is 27.2 Å². The Morgan fingerprint density at radius 2 is 2.12 bits per heavy atom. The SMILES string of the molecule is CCC(C)(C)CC(=O)NCC1CNCC1O.Cl. The van der Waals surface area contributed by atoms with Crippen LogP contribution < -0.4 is 10.6 Å².